The van der Waals surface area contributed by atoms with E-state index in [9.17, 15) is 4.79 Å². The summed E-state index contributed by atoms with van der Waals surface area (Å²) in [5.74, 6) is 0.819. The van der Waals surface area contributed by atoms with Crippen LogP contribution < -0.4 is 10.6 Å². The van der Waals surface area contributed by atoms with E-state index in [1.807, 2.05) is 33.8 Å². The molecule has 112 valence electrons. The number of rotatable bonds is 4. The molecule has 6 heteroatoms. The Kier molecular flexibility index (Phi) is 4.32. The number of alkyl carbamates (subject to hydrolysis) is 1. The summed E-state index contributed by atoms with van der Waals surface area (Å²) in [4.78, 5) is 11.6. The van der Waals surface area contributed by atoms with Gasteiger partial charge in [-0.3, -0.25) is 0 Å². The average Bonchev–Trinajstić information content (AvgIpc) is 2.64. The summed E-state index contributed by atoms with van der Waals surface area (Å²) < 4.78 is 10.2. The van der Waals surface area contributed by atoms with E-state index >= 15 is 0 Å². The van der Waals surface area contributed by atoms with E-state index in [-0.39, 0.29) is 12.1 Å². The van der Waals surface area contributed by atoms with Crippen molar-refractivity contribution in [2.75, 3.05) is 0 Å². The Balaban J connectivity index is 1.61. The Bertz CT molecular complexity index is 458. The largest absolute Gasteiger partial charge is 0.444 e. The maximum atomic E-state index is 11.6. The molecule has 1 aromatic rings. The number of aryl methyl sites for hydroxylation is 1. The molecule has 0 aliphatic heterocycles. The Morgan fingerprint density at radius 2 is 2.15 bits per heavy atom. The van der Waals surface area contributed by atoms with E-state index in [1.54, 1.807) is 0 Å². The third-order valence-electron chi connectivity index (χ3n) is 3.11. The summed E-state index contributed by atoms with van der Waals surface area (Å²) in [6.45, 7) is 8.15. The minimum Gasteiger partial charge on any atom is -0.444 e. The highest BCUT2D eigenvalue weighted by molar-refractivity contribution is 5.68. The van der Waals surface area contributed by atoms with Gasteiger partial charge in [0.2, 0.25) is 0 Å². The molecule has 0 unspecified atom stereocenters. The number of nitrogens with zero attached hydrogens (tertiary/aromatic N) is 1. The van der Waals surface area contributed by atoms with Crippen molar-refractivity contribution in [2.45, 2.75) is 64.8 Å². The van der Waals surface area contributed by atoms with Crippen LogP contribution >= 0.6 is 0 Å². The number of hydrogen-bond acceptors (Lipinski definition) is 5. The second-order valence-corrected chi connectivity index (χ2v) is 6.32. The molecule has 1 amide bonds. The van der Waals surface area contributed by atoms with Gasteiger partial charge in [0.1, 0.15) is 11.4 Å². The topological polar surface area (TPSA) is 76.4 Å². The summed E-state index contributed by atoms with van der Waals surface area (Å²) in [5.41, 5.74) is 0.460. The molecule has 0 bridgehead atoms. The van der Waals surface area contributed by atoms with Crippen molar-refractivity contribution in [3.05, 3.63) is 17.5 Å². The lowest BCUT2D eigenvalue weighted by Crippen LogP contribution is -2.53. The number of carbonyl (C=O) groups is 1. The molecular weight excluding hydrogens is 258 g/mol. The molecule has 1 aliphatic carbocycles. The third-order valence-corrected chi connectivity index (χ3v) is 3.11. The number of ether oxygens (including phenoxy) is 1. The van der Waals surface area contributed by atoms with E-state index in [4.69, 9.17) is 9.26 Å². The van der Waals surface area contributed by atoms with Gasteiger partial charge in [0, 0.05) is 24.7 Å². The molecule has 1 heterocycles. The first-order chi connectivity index (χ1) is 9.32. The van der Waals surface area contributed by atoms with Gasteiger partial charge in [-0.1, -0.05) is 5.16 Å². The van der Waals surface area contributed by atoms with E-state index < -0.39 is 5.60 Å². The first-order valence-corrected chi connectivity index (χ1v) is 6.97. The maximum Gasteiger partial charge on any atom is 0.407 e. The smallest absolute Gasteiger partial charge is 0.407 e. The van der Waals surface area contributed by atoms with Crippen molar-refractivity contribution < 1.29 is 14.1 Å². The van der Waals surface area contributed by atoms with Crippen molar-refractivity contribution in [2.24, 2.45) is 0 Å². The lowest BCUT2D eigenvalue weighted by atomic mass is 9.87. The Labute approximate surface area is 119 Å². The van der Waals surface area contributed by atoms with Crippen LogP contribution in [0.4, 0.5) is 4.79 Å². The fraction of sp³-hybridized carbons (Fsp3) is 0.714. The molecule has 1 saturated carbocycles. The van der Waals surface area contributed by atoms with Crippen LogP contribution in [0.1, 0.15) is 45.1 Å². The summed E-state index contributed by atoms with van der Waals surface area (Å²) in [7, 11) is 0. The van der Waals surface area contributed by atoms with Gasteiger partial charge in [-0.15, -0.1) is 0 Å². The summed E-state index contributed by atoms with van der Waals surface area (Å²) >= 11 is 0. The zero-order valence-corrected chi connectivity index (χ0v) is 12.5. The van der Waals surface area contributed by atoms with Crippen molar-refractivity contribution >= 4 is 6.09 Å². The lowest BCUT2D eigenvalue weighted by Gasteiger charge is -2.36. The third kappa shape index (κ3) is 4.52. The van der Waals surface area contributed by atoms with Gasteiger partial charge in [0.25, 0.3) is 0 Å². The van der Waals surface area contributed by atoms with Gasteiger partial charge in [-0.2, -0.15) is 0 Å². The molecule has 1 aliphatic rings. The number of hydrogen-bond donors (Lipinski definition) is 2. The number of aromatic nitrogens is 1. The van der Waals surface area contributed by atoms with Crippen LogP contribution in [0.15, 0.2) is 10.6 Å². The second-order valence-electron chi connectivity index (χ2n) is 6.32. The number of carbonyl (C=O) groups excluding carboxylic acids is 1. The van der Waals surface area contributed by atoms with Crippen molar-refractivity contribution in [1.29, 1.82) is 0 Å². The van der Waals surface area contributed by atoms with E-state index in [1.165, 1.54) is 0 Å². The minimum atomic E-state index is -0.448. The van der Waals surface area contributed by atoms with E-state index in [0.29, 0.717) is 12.6 Å². The van der Waals surface area contributed by atoms with Crippen LogP contribution in [-0.4, -0.2) is 28.9 Å². The van der Waals surface area contributed by atoms with Crippen LogP contribution in [-0.2, 0) is 11.3 Å². The van der Waals surface area contributed by atoms with Crippen molar-refractivity contribution in [3.8, 4) is 0 Å². The van der Waals surface area contributed by atoms with Crippen molar-refractivity contribution in [1.82, 2.24) is 15.8 Å². The van der Waals surface area contributed by atoms with Crippen molar-refractivity contribution in [3.63, 3.8) is 0 Å². The fourth-order valence-corrected chi connectivity index (χ4v) is 2.13. The molecule has 1 aromatic heterocycles. The number of nitrogens with one attached hydrogen (secondary N) is 2. The van der Waals surface area contributed by atoms with Gasteiger partial charge < -0.3 is 19.9 Å². The van der Waals surface area contributed by atoms with Crippen LogP contribution in [0.25, 0.3) is 0 Å². The highest BCUT2D eigenvalue weighted by Gasteiger charge is 2.31. The van der Waals surface area contributed by atoms with Gasteiger partial charge in [-0.05, 0) is 40.5 Å². The van der Waals surface area contributed by atoms with Gasteiger partial charge in [0.15, 0.2) is 0 Å². The first-order valence-electron chi connectivity index (χ1n) is 6.97. The van der Waals surface area contributed by atoms with E-state index in [2.05, 4.69) is 15.8 Å². The van der Waals surface area contributed by atoms with Gasteiger partial charge in [-0.25, -0.2) is 4.79 Å². The first kappa shape index (κ1) is 14.8. The molecular formula is C14H23N3O3. The summed E-state index contributed by atoms with van der Waals surface area (Å²) in [6, 6.07) is 2.52. The van der Waals surface area contributed by atoms with Crippen LogP contribution in [0.5, 0.6) is 0 Å². The summed E-state index contributed by atoms with van der Waals surface area (Å²) in [5, 5.41) is 10.2. The van der Waals surface area contributed by atoms with E-state index in [0.717, 1.165) is 24.3 Å². The van der Waals surface area contributed by atoms with Gasteiger partial charge >= 0.3 is 6.09 Å². The molecule has 0 saturated heterocycles. The SMILES string of the molecule is Cc1cc(CNC2CC(NC(=O)OC(C)(C)C)C2)no1. The quantitative estimate of drug-likeness (QED) is 0.884. The Morgan fingerprint density at radius 1 is 1.45 bits per heavy atom. The molecule has 0 atom stereocenters. The molecule has 0 aromatic carbocycles. The molecule has 20 heavy (non-hydrogen) atoms. The number of amides is 1. The van der Waals surface area contributed by atoms with Crippen LogP contribution in [0.2, 0.25) is 0 Å². The highest BCUT2D eigenvalue weighted by Crippen LogP contribution is 2.21. The zero-order chi connectivity index (χ0) is 14.8. The molecule has 2 rings (SSSR count). The predicted octanol–water partition coefficient (Wildman–Crippen LogP) is 2.13. The monoisotopic (exact) mass is 281 g/mol. The molecule has 2 N–H and O–H groups in total. The van der Waals surface area contributed by atoms with Crippen LogP contribution in [0, 0.1) is 6.92 Å². The Hall–Kier alpha value is -1.56. The maximum absolute atomic E-state index is 11.6. The zero-order valence-electron chi connectivity index (χ0n) is 12.5. The minimum absolute atomic E-state index is 0.196. The van der Waals surface area contributed by atoms with Crippen LogP contribution in [0.3, 0.4) is 0 Å². The van der Waals surface area contributed by atoms with Gasteiger partial charge in [0.05, 0.1) is 5.69 Å². The molecule has 0 radical (unpaired) electrons. The predicted molar refractivity (Wildman–Crippen MR) is 74.3 cm³/mol. The Morgan fingerprint density at radius 3 is 2.70 bits per heavy atom. The second kappa shape index (κ2) is 5.83. The highest BCUT2D eigenvalue weighted by atomic mass is 16.6. The molecule has 6 nitrogen and oxygen atoms in total. The fourth-order valence-electron chi connectivity index (χ4n) is 2.13. The molecule has 0 spiro atoms. The average molecular weight is 281 g/mol. The molecule has 1 fully saturated rings. The lowest BCUT2D eigenvalue weighted by molar-refractivity contribution is 0.0465. The normalized spacial score (nSPS) is 22.2. The summed E-state index contributed by atoms with van der Waals surface area (Å²) in [6.07, 6.45) is 1.49. The standard InChI is InChI=1S/C14H23N3O3/c1-9-5-12(17-20-9)8-15-10-6-11(7-10)16-13(18)19-14(2,3)4/h5,10-11,15H,6-8H2,1-4H3,(H,16,18).